The van der Waals surface area contributed by atoms with Crippen LogP contribution in [0.25, 0.3) is 0 Å². The largest absolute Gasteiger partial charge is 0.481 e. The SMILES string of the molecule is CCCCCC(=O)CC(=O)CCCCCC(=O)O. The number of unbranched alkanes of at least 4 members (excludes halogenated alkanes) is 4. The van der Waals surface area contributed by atoms with Crippen molar-refractivity contribution in [2.24, 2.45) is 0 Å². The van der Waals surface area contributed by atoms with E-state index in [2.05, 4.69) is 6.92 Å². The quantitative estimate of drug-likeness (QED) is 0.430. The molecule has 0 aromatic carbocycles. The van der Waals surface area contributed by atoms with E-state index in [1.165, 1.54) is 0 Å². The number of carbonyl (C=O) groups is 3. The van der Waals surface area contributed by atoms with Crippen LogP contribution in [0.2, 0.25) is 0 Å². The molecule has 0 fully saturated rings. The van der Waals surface area contributed by atoms with Crippen molar-refractivity contribution in [3.8, 4) is 0 Å². The highest BCUT2D eigenvalue weighted by atomic mass is 16.4. The zero-order valence-electron chi connectivity index (χ0n) is 11.2. The van der Waals surface area contributed by atoms with Gasteiger partial charge in [0.1, 0.15) is 11.6 Å². The average Bonchev–Trinajstić information content (AvgIpc) is 2.28. The molecule has 0 aliphatic rings. The Morgan fingerprint density at radius 2 is 1.28 bits per heavy atom. The van der Waals surface area contributed by atoms with E-state index >= 15 is 0 Å². The Labute approximate surface area is 109 Å². The molecule has 0 rings (SSSR count). The molecule has 0 bridgehead atoms. The van der Waals surface area contributed by atoms with E-state index in [0.29, 0.717) is 25.7 Å². The number of aliphatic carboxylic acids is 1. The number of hydrogen-bond acceptors (Lipinski definition) is 3. The van der Waals surface area contributed by atoms with E-state index in [1.807, 2.05) is 0 Å². The van der Waals surface area contributed by atoms with Gasteiger partial charge in [-0.1, -0.05) is 26.2 Å². The molecule has 0 aliphatic carbocycles. The summed E-state index contributed by atoms with van der Waals surface area (Å²) < 4.78 is 0. The second kappa shape index (κ2) is 10.9. The number of Topliss-reactive ketones (excluding diaryl/α,β-unsaturated/α-hetero) is 2. The van der Waals surface area contributed by atoms with Crippen molar-refractivity contribution >= 4 is 17.5 Å². The number of carboxylic acid groups (broad SMARTS) is 1. The summed E-state index contributed by atoms with van der Waals surface area (Å²) in [5.41, 5.74) is 0. The van der Waals surface area contributed by atoms with E-state index in [-0.39, 0.29) is 24.4 Å². The smallest absolute Gasteiger partial charge is 0.303 e. The van der Waals surface area contributed by atoms with Crippen molar-refractivity contribution < 1.29 is 19.5 Å². The van der Waals surface area contributed by atoms with Crippen LogP contribution >= 0.6 is 0 Å². The molecule has 0 radical (unpaired) electrons. The maximum atomic E-state index is 11.4. The predicted molar refractivity (Wildman–Crippen MR) is 69.5 cm³/mol. The van der Waals surface area contributed by atoms with Crippen molar-refractivity contribution in [2.75, 3.05) is 0 Å². The van der Waals surface area contributed by atoms with E-state index in [4.69, 9.17) is 5.11 Å². The van der Waals surface area contributed by atoms with Crippen LogP contribution in [0.3, 0.4) is 0 Å². The maximum absolute atomic E-state index is 11.4. The monoisotopic (exact) mass is 256 g/mol. The van der Waals surface area contributed by atoms with Gasteiger partial charge in [0.15, 0.2) is 0 Å². The first-order valence-electron chi connectivity index (χ1n) is 6.81. The first-order valence-corrected chi connectivity index (χ1v) is 6.81. The minimum atomic E-state index is -0.799. The molecular formula is C14H24O4. The van der Waals surface area contributed by atoms with Gasteiger partial charge in [-0.2, -0.15) is 0 Å². The fraction of sp³-hybridized carbons (Fsp3) is 0.786. The van der Waals surface area contributed by atoms with Gasteiger partial charge in [-0.15, -0.1) is 0 Å². The number of ketones is 2. The Kier molecular flexibility index (Phi) is 10.2. The Balaban J connectivity index is 3.46. The number of carbonyl (C=O) groups excluding carboxylic acids is 2. The topological polar surface area (TPSA) is 71.4 Å². The van der Waals surface area contributed by atoms with Gasteiger partial charge in [0.2, 0.25) is 0 Å². The fourth-order valence-corrected chi connectivity index (χ4v) is 1.74. The van der Waals surface area contributed by atoms with Crippen LogP contribution in [-0.2, 0) is 14.4 Å². The minimum Gasteiger partial charge on any atom is -0.481 e. The summed E-state index contributed by atoms with van der Waals surface area (Å²) in [6.45, 7) is 2.08. The minimum absolute atomic E-state index is 0.00757. The zero-order valence-corrected chi connectivity index (χ0v) is 11.2. The highest BCUT2D eigenvalue weighted by Crippen LogP contribution is 2.07. The third-order valence-corrected chi connectivity index (χ3v) is 2.80. The highest BCUT2D eigenvalue weighted by Gasteiger charge is 2.09. The van der Waals surface area contributed by atoms with Gasteiger partial charge in [0.05, 0.1) is 6.42 Å². The molecular weight excluding hydrogens is 232 g/mol. The van der Waals surface area contributed by atoms with Gasteiger partial charge in [-0.05, 0) is 19.3 Å². The molecule has 0 heterocycles. The summed E-state index contributed by atoms with van der Waals surface area (Å²) >= 11 is 0. The molecule has 0 aromatic rings. The molecule has 0 saturated carbocycles. The molecule has 104 valence electrons. The number of hydrogen-bond donors (Lipinski definition) is 1. The van der Waals surface area contributed by atoms with Crippen LogP contribution < -0.4 is 0 Å². The van der Waals surface area contributed by atoms with Crippen LogP contribution in [0.15, 0.2) is 0 Å². The first kappa shape index (κ1) is 16.8. The van der Waals surface area contributed by atoms with Crippen LogP contribution in [0.4, 0.5) is 0 Å². The second-order valence-electron chi connectivity index (χ2n) is 4.67. The molecule has 1 N–H and O–H groups in total. The molecule has 0 aromatic heterocycles. The van der Waals surface area contributed by atoms with E-state index in [0.717, 1.165) is 25.7 Å². The zero-order chi connectivity index (χ0) is 13.8. The standard InChI is InChI=1S/C14H24O4/c1-2-3-5-8-12(15)11-13(16)9-6-4-7-10-14(17)18/h2-11H2,1H3,(H,17,18). The normalized spacial score (nSPS) is 10.3. The summed E-state index contributed by atoms with van der Waals surface area (Å²) in [4.78, 5) is 33.1. The second-order valence-corrected chi connectivity index (χ2v) is 4.67. The van der Waals surface area contributed by atoms with Crippen LogP contribution in [0, 0.1) is 0 Å². The molecule has 4 nitrogen and oxygen atoms in total. The number of carboxylic acids is 1. The van der Waals surface area contributed by atoms with Crippen LogP contribution in [0.1, 0.15) is 71.1 Å². The first-order chi connectivity index (χ1) is 8.56. The molecule has 0 unspecified atom stereocenters. The third-order valence-electron chi connectivity index (χ3n) is 2.80. The molecule has 0 saturated heterocycles. The van der Waals surface area contributed by atoms with Gasteiger partial charge >= 0.3 is 5.97 Å². The Morgan fingerprint density at radius 3 is 1.78 bits per heavy atom. The predicted octanol–water partition coefficient (Wildman–Crippen LogP) is 3.13. The van der Waals surface area contributed by atoms with Crippen molar-refractivity contribution in [1.29, 1.82) is 0 Å². The average molecular weight is 256 g/mol. The molecule has 18 heavy (non-hydrogen) atoms. The van der Waals surface area contributed by atoms with E-state index < -0.39 is 5.97 Å². The van der Waals surface area contributed by atoms with Crippen LogP contribution in [-0.4, -0.2) is 22.6 Å². The Morgan fingerprint density at radius 1 is 0.778 bits per heavy atom. The number of rotatable bonds is 12. The third kappa shape index (κ3) is 11.3. The van der Waals surface area contributed by atoms with Gasteiger partial charge in [-0.25, -0.2) is 0 Å². The van der Waals surface area contributed by atoms with Gasteiger partial charge in [-0.3, -0.25) is 14.4 Å². The Bertz CT molecular complexity index is 271. The van der Waals surface area contributed by atoms with Gasteiger partial charge < -0.3 is 5.11 Å². The molecule has 0 atom stereocenters. The highest BCUT2D eigenvalue weighted by molar-refractivity contribution is 5.98. The molecule has 0 aliphatic heterocycles. The lowest BCUT2D eigenvalue weighted by Crippen LogP contribution is -2.07. The van der Waals surface area contributed by atoms with Crippen LogP contribution in [0.5, 0.6) is 0 Å². The lowest BCUT2D eigenvalue weighted by Gasteiger charge is -2.01. The lowest BCUT2D eigenvalue weighted by atomic mass is 10.0. The van der Waals surface area contributed by atoms with Gasteiger partial charge in [0.25, 0.3) is 0 Å². The van der Waals surface area contributed by atoms with E-state index in [9.17, 15) is 14.4 Å². The summed E-state index contributed by atoms with van der Waals surface area (Å²) in [7, 11) is 0. The fourth-order valence-electron chi connectivity index (χ4n) is 1.74. The molecule has 4 heteroatoms. The molecule has 0 amide bonds. The van der Waals surface area contributed by atoms with Crippen molar-refractivity contribution in [3.05, 3.63) is 0 Å². The Hall–Kier alpha value is -1.19. The maximum Gasteiger partial charge on any atom is 0.303 e. The van der Waals surface area contributed by atoms with Crippen molar-refractivity contribution in [2.45, 2.75) is 71.1 Å². The summed E-state index contributed by atoms with van der Waals surface area (Å²) in [5.74, 6) is -0.766. The van der Waals surface area contributed by atoms with E-state index in [1.54, 1.807) is 0 Å². The summed E-state index contributed by atoms with van der Waals surface area (Å²) in [6, 6.07) is 0. The van der Waals surface area contributed by atoms with Crippen molar-refractivity contribution in [3.63, 3.8) is 0 Å². The van der Waals surface area contributed by atoms with Gasteiger partial charge in [0, 0.05) is 19.3 Å². The van der Waals surface area contributed by atoms with Crippen molar-refractivity contribution in [1.82, 2.24) is 0 Å². The summed E-state index contributed by atoms with van der Waals surface area (Å²) in [5, 5.41) is 8.43. The summed E-state index contributed by atoms with van der Waals surface area (Å²) in [6.07, 6.45) is 6.15. The lowest BCUT2D eigenvalue weighted by molar-refractivity contribution is -0.137. The molecule has 0 spiro atoms.